The molecule has 0 radical (unpaired) electrons. The van der Waals surface area contributed by atoms with Crippen LogP contribution in [0, 0.1) is 10.1 Å². The molecule has 2 aromatic carbocycles. The number of aromatic nitrogens is 3. The molecule has 4 aromatic rings. The number of nitrogens with one attached hydrogen (secondary N) is 1. The first-order valence-corrected chi connectivity index (χ1v) is 10.5. The van der Waals surface area contributed by atoms with Crippen LogP contribution in [0.25, 0.3) is 11.4 Å². The van der Waals surface area contributed by atoms with Crippen LogP contribution >= 0.6 is 0 Å². The fourth-order valence-electron chi connectivity index (χ4n) is 2.85. The van der Waals surface area contributed by atoms with Crippen LogP contribution in [0.1, 0.15) is 11.5 Å². The minimum atomic E-state index is -4.05. The normalized spacial score (nSPS) is 11.2. The van der Waals surface area contributed by atoms with Crippen molar-refractivity contribution in [2.45, 2.75) is 11.3 Å². The van der Waals surface area contributed by atoms with Crippen molar-refractivity contribution < 1.29 is 17.9 Å². The summed E-state index contributed by atoms with van der Waals surface area (Å²) in [6.45, 7) is 0. The fraction of sp³-hybridized carbons (Fsp3) is 0.0500. The van der Waals surface area contributed by atoms with Crippen LogP contribution in [0.15, 0.2) is 82.5 Å². The average molecular weight is 437 g/mol. The zero-order valence-corrected chi connectivity index (χ0v) is 16.7. The summed E-state index contributed by atoms with van der Waals surface area (Å²) in [6, 6.07) is 15.1. The topological polar surface area (TPSA) is 141 Å². The van der Waals surface area contributed by atoms with Gasteiger partial charge in [-0.3, -0.25) is 19.8 Å². The Morgan fingerprint density at radius 2 is 1.81 bits per heavy atom. The van der Waals surface area contributed by atoms with Crippen molar-refractivity contribution in [2.24, 2.45) is 0 Å². The molecule has 156 valence electrons. The lowest BCUT2D eigenvalue weighted by Crippen LogP contribution is -2.14. The number of benzene rings is 2. The number of sulfonamides is 1. The van der Waals surface area contributed by atoms with Gasteiger partial charge in [0, 0.05) is 30.1 Å². The zero-order valence-electron chi connectivity index (χ0n) is 15.9. The predicted octanol–water partition coefficient (Wildman–Crippen LogP) is 3.43. The van der Waals surface area contributed by atoms with Crippen LogP contribution in [0.3, 0.4) is 0 Å². The van der Waals surface area contributed by atoms with Gasteiger partial charge in [0.1, 0.15) is 0 Å². The van der Waals surface area contributed by atoms with Crippen LogP contribution in [-0.2, 0) is 16.4 Å². The summed E-state index contributed by atoms with van der Waals surface area (Å²) in [5.74, 6) is 0.695. The Hall–Kier alpha value is -4.12. The number of hydrogen-bond donors (Lipinski definition) is 1. The number of nitro benzene ring substituents is 1. The van der Waals surface area contributed by atoms with Crippen molar-refractivity contribution >= 4 is 21.4 Å². The minimum absolute atomic E-state index is 0.186. The van der Waals surface area contributed by atoms with Crippen molar-refractivity contribution in [1.82, 2.24) is 15.1 Å². The summed E-state index contributed by atoms with van der Waals surface area (Å²) in [6.07, 6.45) is 3.42. The van der Waals surface area contributed by atoms with Gasteiger partial charge in [-0.2, -0.15) is 4.98 Å². The van der Waals surface area contributed by atoms with E-state index in [1.54, 1.807) is 48.8 Å². The molecule has 0 aliphatic rings. The van der Waals surface area contributed by atoms with E-state index < -0.39 is 14.9 Å². The molecule has 0 atom stereocenters. The van der Waals surface area contributed by atoms with E-state index in [2.05, 4.69) is 19.8 Å². The van der Waals surface area contributed by atoms with E-state index in [4.69, 9.17) is 4.52 Å². The number of pyridine rings is 1. The molecule has 0 amide bonds. The van der Waals surface area contributed by atoms with Crippen molar-refractivity contribution in [1.29, 1.82) is 0 Å². The Balaban J connectivity index is 1.59. The smallest absolute Gasteiger partial charge is 0.270 e. The molecule has 0 saturated heterocycles. The molecular weight excluding hydrogens is 422 g/mol. The Kier molecular flexibility index (Phi) is 5.41. The number of non-ortho nitro benzene ring substituents is 1. The van der Waals surface area contributed by atoms with Gasteiger partial charge in [-0.05, 0) is 29.8 Å². The lowest BCUT2D eigenvalue weighted by atomic mass is 10.1. The third-order valence-electron chi connectivity index (χ3n) is 4.35. The standard InChI is InChI=1S/C20H15N5O5S/c26-25(27)16-5-3-6-17(13-16)31(28,29)24-18-7-2-1-4-15(18)12-19-22-20(23-30-19)14-8-10-21-11-9-14/h1-11,13,24H,12H2. The first-order chi connectivity index (χ1) is 14.9. The van der Waals surface area contributed by atoms with E-state index in [9.17, 15) is 18.5 Å². The Bertz CT molecular complexity index is 1340. The van der Waals surface area contributed by atoms with E-state index in [-0.39, 0.29) is 17.0 Å². The molecule has 0 bridgehead atoms. The Morgan fingerprint density at radius 3 is 2.58 bits per heavy atom. The second kappa shape index (κ2) is 8.32. The molecular formula is C20H15N5O5S. The van der Waals surface area contributed by atoms with Crippen molar-refractivity contribution in [2.75, 3.05) is 4.72 Å². The van der Waals surface area contributed by atoms with E-state index in [0.717, 1.165) is 11.6 Å². The molecule has 10 nitrogen and oxygen atoms in total. The number of rotatable bonds is 7. The van der Waals surface area contributed by atoms with Crippen LogP contribution in [0.2, 0.25) is 0 Å². The van der Waals surface area contributed by atoms with Gasteiger partial charge in [0.15, 0.2) is 0 Å². The Labute approximate surface area is 176 Å². The SMILES string of the molecule is O=[N+]([O-])c1cccc(S(=O)(=O)Nc2ccccc2Cc2nc(-c3ccncc3)no2)c1. The number of nitro groups is 1. The highest BCUT2D eigenvalue weighted by molar-refractivity contribution is 7.92. The first kappa shape index (κ1) is 20.2. The van der Waals surface area contributed by atoms with Crippen LogP contribution in [-0.4, -0.2) is 28.5 Å². The summed E-state index contributed by atoms with van der Waals surface area (Å²) < 4.78 is 33.3. The second-order valence-electron chi connectivity index (χ2n) is 6.44. The molecule has 0 saturated carbocycles. The molecule has 0 fully saturated rings. The van der Waals surface area contributed by atoms with Crippen molar-refractivity contribution in [3.05, 3.63) is 94.6 Å². The summed E-state index contributed by atoms with van der Waals surface area (Å²) in [4.78, 5) is 18.4. The van der Waals surface area contributed by atoms with Gasteiger partial charge < -0.3 is 4.52 Å². The Morgan fingerprint density at radius 1 is 1.03 bits per heavy atom. The molecule has 2 aromatic heterocycles. The molecule has 1 N–H and O–H groups in total. The van der Waals surface area contributed by atoms with Gasteiger partial charge >= 0.3 is 0 Å². The molecule has 0 aliphatic carbocycles. The maximum Gasteiger partial charge on any atom is 0.270 e. The number of hydrogen-bond acceptors (Lipinski definition) is 8. The van der Waals surface area contributed by atoms with Crippen molar-refractivity contribution in [3.8, 4) is 11.4 Å². The van der Waals surface area contributed by atoms with Gasteiger partial charge in [0.2, 0.25) is 11.7 Å². The predicted molar refractivity (Wildman–Crippen MR) is 111 cm³/mol. The number of para-hydroxylation sites is 1. The van der Waals surface area contributed by atoms with Gasteiger partial charge in [0.05, 0.1) is 21.9 Å². The second-order valence-corrected chi connectivity index (χ2v) is 8.12. The highest BCUT2D eigenvalue weighted by atomic mass is 32.2. The third-order valence-corrected chi connectivity index (χ3v) is 5.71. The maximum atomic E-state index is 12.8. The van der Waals surface area contributed by atoms with Crippen molar-refractivity contribution in [3.63, 3.8) is 0 Å². The maximum absolute atomic E-state index is 12.8. The van der Waals surface area contributed by atoms with Gasteiger partial charge in [0.25, 0.3) is 15.7 Å². The van der Waals surface area contributed by atoms with Gasteiger partial charge in [-0.25, -0.2) is 8.42 Å². The fourth-order valence-corrected chi connectivity index (χ4v) is 3.99. The molecule has 0 unspecified atom stereocenters. The third kappa shape index (κ3) is 4.56. The number of nitrogens with zero attached hydrogens (tertiary/aromatic N) is 4. The molecule has 4 rings (SSSR count). The number of anilines is 1. The molecule has 2 heterocycles. The average Bonchev–Trinajstić information content (AvgIpc) is 3.24. The quantitative estimate of drug-likeness (QED) is 0.342. The van der Waals surface area contributed by atoms with Gasteiger partial charge in [-0.1, -0.05) is 29.4 Å². The highest BCUT2D eigenvalue weighted by Gasteiger charge is 2.20. The minimum Gasteiger partial charge on any atom is -0.339 e. The monoisotopic (exact) mass is 437 g/mol. The zero-order chi connectivity index (χ0) is 21.8. The summed E-state index contributed by atoms with van der Waals surface area (Å²) in [7, 11) is -4.05. The highest BCUT2D eigenvalue weighted by Crippen LogP contribution is 2.25. The van der Waals surface area contributed by atoms with Crippen LogP contribution in [0.5, 0.6) is 0 Å². The molecule has 0 aliphatic heterocycles. The molecule has 11 heteroatoms. The summed E-state index contributed by atoms with van der Waals surface area (Å²) in [5, 5.41) is 14.9. The summed E-state index contributed by atoms with van der Waals surface area (Å²) in [5.41, 5.74) is 1.33. The molecule has 0 spiro atoms. The first-order valence-electron chi connectivity index (χ1n) is 9.00. The lowest BCUT2D eigenvalue weighted by molar-refractivity contribution is -0.385. The van der Waals surface area contributed by atoms with E-state index in [0.29, 0.717) is 23.0 Å². The largest absolute Gasteiger partial charge is 0.339 e. The molecule has 31 heavy (non-hydrogen) atoms. The van der Waals surface area contributed by atoms with Gasteiger partial charge in [-0.15, -0.1) is 0 Å². The summed E-state index contributed by atoms with van der Waals surface area (Å²) >= 11 is 0. The van der Waals surface area contributed by atoms with E-state index in [1.807, 2.05) is 0 Å². The van der Waals surface area contributed by atoms with E-state index >= 15 is 0 Å². The van der Waals surface area contributed by atoms with E-state index in [1.165, 1.54) is 18.2 Å². The lowest BCUT2D eigenvalue weighted by Gasteiger charge is -2.11. The van der Waals surface area contributed by atoms with Crippen LogP contribution in [0.4, 0.5) is 11.4 Å². The van der Waals surface area contributed by atoms with Crippen LogP contribution < -0.4 is 4.72 Å².